The van der Waals surface area contributed by atoms with Gasteiger partial charge in [-0.05, 0) is 36.6 Å². The Kier molecular flexibility index (Phi) is 6.12. The van der Waals surface area contributed by atoms with Crippen molar-refractivity contribution in [3.63, 3.8) is 0 Å². The maximum absolute atomic E-state index is 12.3. The van der Waals surface area contributed by atoms with Crippen LogP contribution < -0.4 is 10.1 Å². The fourth-order valence-corrected chi connectivity index (χ4v) is 3.08. The van der Waals surface area contributed by atoms with Gasteiger partial charge in [-0.15, -0.1) is 11.3 Å². The van der Waals surface area contributed by atoms with Gasteiger partial charge < -0.3 is 15.2 Å². The van der Waals surface area contributed by atoms with Crippen LogP contribution in [-0.4, -0.2) is 35.8 Å². The molecule has 5 nitrogen and oxygen atoms in total. The first-order chi connectivity index (χ1) is 11.0. The number of aliphatic hydroxyl groups is 1. The molecule has 0 aliphatic carbocycles. The lowest BCUT2D eigenvalue weighted by molar-refractivity contribution is 0.0912. The van der Waals surface area contributed by atoms with E-state index < -0.39 is 0 Å². The minimum atomic E-state index is -0.228. The number of carbonyl (C=O) groups is 1. The van der Waals surface area contributed by atoms with Gasteiger partial charge in [0.25, 0.3) is 5.91 Å². The average Bonchev–Trinajstić information content (AvgIpc) is 3.04. The lowest BCUT2D eigenvalue weighted by Crippen LogP contribution is -2.38. The van der Waals surface area contributed by atoms with Crippen LogP contribution in [-0.2, 0) is 0 Å². The number of nitrogens with one attached hydrogen (secondary N) is 1. The number of amides is 1. The van der Waals surface area contributed by atoms with E-state index in [1.54, 1.807) is 13.3 Å². The second kappa shape index (κ2) is 8.08. The molecule has 1 amide bonds. The number of hydrogen-bond donors (Lipinski definition) is 2. The largest absolute Gasteiger partial charge is 0.497 e. The molecule has 0 bridgehead atoms. The van der Waals surface area contributed by atoms with E-state index in [2.05, 4.69) is 24.1 Å². The summed E-state index contributed by atoms with van der Waals surface area (Å²) < 4.78 is 5.13. The molecule has 1 aromatic carbocycles. The van der Waals surface area contributed by atoms with E-state index in [0.29, 0.717) is 10.8 Å². The summed E-state index contributed by atoms with van der Waals surface area (Å²) in [5.41, 5.74) is 0.940. The maximum atomic E-state index is 12.3. The molecule has 0 aliphatic heterocycles. The van der Waals surface area contributed by atoms with E-state index in [1.165, 1.54) is 11.3 Å². The zero-order chi connectivity index (χ0) is 16.8. The van der Waals surface area contributed by atoms with Gasteiger partial charge in [-0.1, -0.05) is 13.8 Å². The molecule has 6 heteroatoms. The number of benzene rings is 1. The van der Waals surface area contributed by atoms with Crippen molar-refractivity contribution in [1.82, 2.24) is 10.3 Å². The lowest BCUT2D eigenvalue weighted by Gasteiger charge is -2.17. The lowest BCUT2D eigenvalue weighted by atomic mass is 10.0. The molecule has 0 aliphatic rings. The number of aromatic nitrogens is 1. The predicted octanol–water partition coefficient (Wildman–Crippen LogP) is 2.96. The molecular weight excluding hydrogens is 312 g/mol. The summed E-state index contributed by atoms with van der Waals surface area (Å²) in [6.45, 7) is 4.06. The van der Waals surface area contributed by atoms with Gasteiger partial charge in [0.05, 0.1) is 26.0 Å². The van der Waals surface area contributed by atoms with Gasteiger partial charge in [-0.25, -0.2) is 4.98 Å². The van der Waals surface area contributed by atoms with Gasteiger partial charge in [0.2, 0.25) is 0 Å². The zero-order valence-electron chi connectivity index (χ0n) is 13.6. The highest BCUT2D eigenvalue weighted by molar-refractivity contribution is 7.16. The number of hydrogen-bond acceptors (Lipinski definition) is 5. The van der Waals surface area contributed by atoms with Gasteiger partial charge in [0.1, 0.15) is 15.6 Å². The van der Waals surface area contributed by atoms with Crippen molar-refractivity contribution in [2.24, 2.45) is 5.92 Å². The van der Waals surface area contributed by atoms with Gasteiger partial charge in [0, 0.05) is 5.56 Å². The normalized spacial score (nSPS) is 12.2. The highest BCUT2D eigenvalue weighted by Crippen LogP contribution is 2.26. The standard InChI is InChI=1S/C17H22N2O3S/c1-11(2)8-13(10-20)19-16(21)15-9-18-17(23-15)12-4-6-14(22-3)7-5-12/h4-7,9,11,13,20H,8,10H2,1-3H3,(H,19,21). The molecule has 2 rings (SSSR count). The zero-order valence-corrected chi connectivity index (χ0v) is 14.4. The summed E-state index contributed by atoms with van der Waals surface area (Å²) in [6, 6.07) is 7.32. The summed E-state index contributed by atoms with van der Waals surface area (Å²) in [7, 11) is 1.62. The van der Waals surface area contributed by atoms with Gasteiger partial charge in [-0.3, -0.25) is 4.79 Å². The number of carbonyl (C=O) groups excluding carboxylic acids is 1. The number of methoxy groups -OCH3 is 1. The minimum absolute atomic E-state index is 0.0614. The molecule has 1 unspecified atom stereocenters. The molecule has 1 aromatic heterocycles. The minimum Gasteiger partial charge on any atom is -0.497 e. The van der Waals surface area contributed by atoms with Crippen LogP contribution >= 0.6 is 11.3 Å². The van der Waals surface area contributed by atoms with Crippen molar-refractivity contribution >= 4 is 17.2 Å². The summed E-state index contributed by atoms with van der Waals surface area (Å²) in [6.07, 6.45) is 2.32. The number of nitrogens with zero attached hydrogens (tertiary/aromatic N) is 1. The molecular formula is C17H22N2O3S. The third-order valence-corrected chi connectivity index (χ3v) is 4.42. The van der Waals surface area contributed by atoms with Crippen LogP contribution in [0.3, 0.4) is 0 Å². The highest BCUT2D eigenvalue weighted by Gasteiger charge is 2.17. The van der Waals surface area contributed by atoms with Gasteiger partial charge in [0.15, 0.2) is 0 Å². The maximum Gasteiger partial charge on any atom is 0.263 e. The Bertz CT molecular complexity index is 638. The molecule has 2 aromatic rings. The van der Waals surface area contributed by atoms with Crippen LogP contribution in [0.25, 0.3) is 10.6 Å². The molecule has 0 saturated heterocycles. The summed E-state index contributed by atoms with van der Waals surface area (Å²) in [4.78, 5) is 17.1. The number of thiazole rings is 1. The van der Waals surface area contributed by atoms with Gasteiger partial charge in [-0.2, -0.15) is 0 Å². The summed E-state index contributed by atoms with van der Waals surface area (Å²) in [5, 5.41) is 13.0. The van der Waals surface area contributed by atoms with Crippen molar-refractivity contribution in [3.05, 3.63) is 35.3 Å². The monoisotopic (exact) mass is 334 g/mol. The van der Waals surface area contributed by atoms with Crippen LogP contribution in [0.5, 0.6) is 5.75 Å². The highest BCUT2D eigenvalue weighted by atomic mass is 32.1. The molecule has 124 valence electrons. The average molecular weight is 334 g/mol. The molecule has 0 fully saturated rings. The van der Waals surface area contributed by atoms with E-state index in [-0.39, 0.29) is 18.6 Å². The second-order valence-electron chi connectivity index (χ2n) is 5.74. The first kappa shape index (κ1) is 17.4. The molecule has 2 N–H and O–H groups in total. The smallest absolute Gasteiger partial charge is 0.263 e. The SMILES string of the molecule is COc1ccc(-c2ncc(C(=O)NC(CO)CC(C)C)s2)cc1. The quantitative estimate of drug-likeness (QED) is 0.816. The summed E-state index contributed by atoms with van der Waals surface area (Å²) >= 11 is 1.33. The van der Waals surface area contributed by atoms with Crippen molar-refractivity contribution < 1.29 is 14.6 Å². The Balaban J connectivity index is 2.06. The molecule has 0 radical (unpaired) electrons. The van der Waals surface area contributed by atoms with Crippen LogP contribution in [0.1, 0.15) is 29.9 Å². The van der Waals surface area contributed by atoms with E-state index >= 15 is 0 Å². The number of ether oxygens (including phenoxy) is 1. The Morgan fingerprint density at radius 1 is 1.35 bits per heavy atom. The first-order valence-electron chi connectivity index (χ1n) is 7.55. The molecule has 1 heterocycles. The van der Waals surface area contributed by atoms with Crippen molar-refractivity contribution in [1.29, 1.82) is 0 Å². The summed E-state index contributed by atoms with van der Waals surface area (Å²) in [5.74, 6) is 0.994. The van der Waals surface area contributed by atoms with Crippen molar-refractivity contribution in [2.45, 2.75) is 26.3 Å². The van der Waals surface area contributed by atoms with Gasteiger partial charge >= 0.3 is 0 Å². The van der Waals surface area contributed by atoms with Crippen LogP contribution in [0.2, 0.25) is 0 Å². The van der Waals surface area contributed by atoms with Crippen LogP contribution in [0.4, 0.5) is 0 Å². The fraction of sp³-hybridized carbons (Fsp3) is 0.412. The number of aliphatic hydroxyl groups excluding tert-OH is 1. The molecule has 23 heavy (non-hydrogen) atoms. The fourth-order valence-electron chi connectivity index (χ4n) is 2.25. The van der Waals surface area contributed by atoms with E-state index in [1.807, 2.05) is 24.3 Å². The topological polar surface area (TPSA) is 71.5 Å². The van der Waals surface area contributed by atoms with Crippen LogP contribution in [0.15, 0.2) is 30.5 Å². The number of rotatable bonds is 7. The Hall–Kier alpha value is -1.92. The second-order valence-corrected chi connectivity index (χ2v) is 6.77. The Morgan fingerprint density at radius 2 is 2.04 bits per heavy atom. The third-order valence-electron chi connectivity index (χ3n) is 3.38. The molecule has 1 atom stereocenters. The first-order valence-corrected chi connectivity index (χ1v) is 8.37. The molecule has 0 spiro atoms. The van der Waals surface area contributed by atoms with E-state index in [4.69, 9.17) is 4.74 Å². The van der Waals surface area contributed by atoms with E-state index in [0.717, 1.165) is 22.7 Å². The van der Waals surface area contributed by atoms with Crippen molar-refractivity contribution in [3.8, 4) is 16.3 Å². The third kappa shape index (κ3) is 4.77. The van der Waals surface area contributed by atoms with Crippen LogP contribution in [0, 0.1) is 5.92 Å². The Morgan fingerprint density at radius 3 is 2.61 bits per heavy atom. The van der Waals surface area contributed by atoms with Crippen molar-refractivity contribution in [2.75, 3.05) is 13.7 Å². The predicted molar refractivity (Wildman–Crippen MR) is 91.9 cm³/mol. The van der Waals surface area contributed by atoms with E-state index in [9.17, 15) is 9.90 Å². The Labute approximate surface area is 140 Å². The molecule has 0 saturated carbocycles.